The molecule has 27 heavy (non-hydrogen) atoms. The van der Waals surface area contributed by atoms with Gasteiger partial charge in [0.1, 0.15) is 0 Å². The van der Waals surface area contributed by atoms with Gasteiger partial charge in [-0.1, -0.05) is 47.2 Å². The second-order valence-corrected chi connectivity index (χ2v) is 7.91. The number of nitrogens with one attached hydrogen (secondary N) is 1. The molecule has 0 saturated heterocycles. The molecule has 1 atom stereocenters. The Kier molecular flexibility index (Phi) is 5.34. The van der Waals surface area contributed by atoms with Gasteiger partial charge in [0.25, 0.3) is 0 Å². The molecule has 0 radical (unpaired) electrons. The van der Waals surface area contributed by atoms with Crippen LogP contribution in [0.2, 0.25) is 5.02 Å². The van der Waals surface area contributed by atoms with Crippen molar-refractivity contribution in [2.45, 2.75) is 12.5 Å². The van der Waals surface area contributed by atoms with Crippen LogP contribution >= 0.6 is 22.9 Å². The first kappa shape index (κ1) is 17.9. The third-order valence-corrected chi connectivity index (χ3v) is 5.57. The van der Waals surface area contributed by atoms with Crippen molar-refractivity contribution in [3.8, 4) is 10.4 Å². The number of rotatable bonds is 6. The monoisotopic (exact) mass is 394 g/mol. The van der Waals surface area contributed by atoms with Crippen LogP contribution in [0.4, 0.5) is 5.13 Å². The summed E-state index contributed by atoms with van der Waals surface area (Å²) in [6, 6.07) is 16.2. The van der Waals surface area contributed by atoms with Crippen molar-refractivity contribution in [3.05, 3.63) is 77.7 Å². The molecule has 4 rings (SSSR count). The number of nitrogens with zero attached hydrogens (tertiary/aromatic N) is 2. The molecule has 136 valence electrons. The highest BCUT2D eigenvalue weighted by atomic mass is 35.5. The third-order valence-electron chi connectivity index (χ3n) is 4.33. The summed E-state index contributed by atoms with van der Waals surface area (Å²) in [6.45, 7) is 0.656. The molecule has 0 fully saturated rings. The predicted octanol–water partition coefficient (Wildman–Crippen LogP) is 4.99. The number of anilines is 1. The number of nitrogens with two attached hydrogens (primary N) is 1. The van der Waals surface area contributed by atoms with Crippen molar-refractivity contribution >= 4 is 38.8 Å². The molecule has 3 N–H and O–H groups in total. The zero-order valence-electron chi connectivity index (χ0n) is 14.6. The molecule has 4 nitrogen and oxygen atoms in total. The molecule has 2 aromatic carbocycles. The van der Waals surface area contributed by atoms with Crippen LogP contribution in [0.1, 0.15) is 5.56 Å². The maximum atomic E-state index is 6.25. The Bertz CT molecular complexity index is 1060. The minimum Gasteiger partial charge on any atom is -0.360 e. The van der Waals surface area contributed by atoms with Gasteiger partial charge in [0.2, 0.25) is 0 Å². The van der Waals surface area contributed by atoms with Crippen molar-refractivity contribution in [1.82, 2.24) is 9.97 Å². The Hall–Kier alpha value is -2.47. The van der Waals surface area contributed by atoms with Crippen LogP contribution in [-0.4, -0.2) is 22.6 Å². The first-order chi connectivity index (χ1) is 13.2. The Morgan fingerprint density at radius 1 is 1.07 bits per heavy atom. The Morgan fingerprint density at radius 3 is 2.89 bits per heavy atom. The largest absolute Gasteiger partial charge is 0.360 e. The minimum absolute atomic E-state index is 0.0102. The number of aromatic nitrogens is 2. The molecule has 0 aliphatic heterocycles. The summed E-state index contributed by atoms with van der Waals surface area (Å²) < 4.78 is 0. The second kappa shape index (κ2) is 8.05. The van der Waals surface area contributed by atoms with E-state index >= 15 is 0 Å². The van der Waals surface area contributed by atoms with Gasteiger partial charge in [0, 0.05) is 41.6 Å². The van der Waals surface area contributed by atoms with Gasteiger partial charge in [-0.2, -0.15) is 0 Å². The van der Waals surface area contributed by atoms with Crippen molar-refractivity contribution in [2.75, 3.05) is 11.9 Å². The van der Waals surface area contributed by atoms with Crippen molar-refractivity contribution in [2.24, 2.45) is 5.73 Å². The molecule has 6 heteroatoms. The molecule has 0 aliphatic carbocycles. The fourth-order valence-electron chi connectivity index (χ4n) is 2.98. The first-order valence-corrected chi connectivity index (χ1v) is 9.91. The molecule has 0 unspecified atom stereocenters. The summed E-state index contributed by atoms with van der Waals surface area (Å²) >= 11 is 7.66. The fourth-order valence-corrected chi connectivity index (χ4v) is 4.02. The molecule has 0 bridgehead atoms. The SMILES string of the molecule is N[C@H](CNc1ncc(-c2ccc3cnccc3c2)s1)Cc1cccc(Cl)c1. The summed E-state index contributed by atoms with van der Waals surface area (Å²) in [4.78, 5) is 9.76. The molecule has 0 saturated carbocycles. The smallest absolute Gasteiger partial charge is 0.183 e. The van der Waals surface area contributed by atoms with E-state index in [1.807, 2.05) is 48.9 Å². The van der Waals surface area contributed by atoms with Crippen LogP contribution in [0.25, 0.3) is 21.2 Å². The van der Waals surface area contributed by atoms with E-state index in [2.05, 4.69) is 33.5 Å². The first-order valence-electron chi connectivity index (χ1n) is 8.71. The summed E-state index contributed by atoms with van der Waals surface area (Å²) in [7, 11) is 0. The lowest BCUT2D eigenvalue weighted by Gasteiger charge is -2.12. The Labute approximate surface area is 167 Å². The minimum atomic E-state index is -0.0102. The van der Waals surface area contributed by atoms with Crippen LogP contribution in [0.5, 0.6) is 0 Å². The van der Waals surface area contributed by atoms with E-state index in [1.54, 1.807) is 11.3 Å². The summed E-state index contributed by atoms with van der Waals surface area (Å²) in [5.74, 6) is 0. The van der Waals surface area contributed by atoms with Crippen LogP contribution in [0.15, 0.2) is 67.1 Å². The summed E-state index contributed by atoms with van der Waals surface area (Å²) in [5.41, 5.74) is 8.55. The zero-order chi connectivity index (χ0) is 18.6. The Morgan fingerprint density at radius 2 is 2.00 bits per heavy atom. The number of benzene rings is 2. The van der Waals surface area contributed by atoms with Crippen LogP contribution in [-0.2, 0) is 6.42 Å². The topological polar surface area (TPSA) is 63.8 Å². The maximum absolute atomic E-state index is 6.25. The lowest BCUT2D eigenvalue weighted by Crippen LogP contribution is -2.31. The highest BCUT2D eigenvalue weighted by Crippen LogP contribution is 2.30. The molecule has 0 aliphatic rings. The molecule has 2 aromatic heterocycles. The zero-order valence-corrected chi connectivity index (χ0v) is 16.2. The van der Waals surface area contributed by atoms with E-state index in [0.29, 0.717) is 6.54 Å². The highest BCUT2D eigenvalue weighted by Gasteiger charge is 2.08. The quantitative estimate of drug-likeness (QED) is 0.483. The second-order valence-electron chi connectivity index (χ2n) is 6.44. The van der Waals surface area contributed by atoms with E-state index in [0.717, 1.165) is 38.0 Å². The molecule has 4 aromatic rings. The van der Waals surface area contributed by atoms with Crippen LogP contribution < -0.4 is 11.1 Å². The highest BCUT2D eigenvalue weighted by molar-refractivity contribution is 7.18. The molecule has 0 amide bonds. The van der Waals surface area contributed by atoms with Gasteiger partial charge >= 0.3 is 0 Å². The van der Waals surface area contributed by atoms with E-state index in [9.17, 15) is 0 Å². The van der Waals surface area contributed by atoms with Crippen LogP contribution in [0.3, 0.4) is 0 Å². The van der Waals surface area contributed by atoms with E-state index in [4.69, 9.17) is 17.3 Å². The molecular formula is C21H19ClN4S. The van der Waals surface area contributed by atoms with E-state index in [1.165, 1.54) is 5.39 Å². The fraction of sp³-hybridized carbons (Fsp3) is 0.143. The summed E-state index contributed by atoms with van der Waals surface area (Å²) in [5, 5.41) is 7.27. The van der Waals surface area contributed by atoms with Gasteiger partial charge in [0.05, 0.1) is 4.88 Å². The number of hydrogen-bond donors (Lipinski definition) is 2. The van der Waals surface area contributed by atoms with Gasteiger partial charge in [-0.05, 0) is 47.2 Å². The normalized spacial score (nSPS) is 12.2. The Balaban J connectivity index is 1.40. The predicted molar refractivity (Wildman–Crippen MR) is 114 cm³/mol. The average Bonchev–Trinajstić information content (AvgIpc) is 3.15. The van der Waals surface area contributed by atoms with Crippen molar-refractivity contribution in [1.29, 1.82) is 0 Å². The van der Waals surface area contributed by atoms with Gasteiger partial charge < -0.3 is 11.1 Å². The van der Waals surface area contributed by atoms with Gasteiger partial charge in [-0.3, -0.25) is 4.98 Å². The van der Waals surface area contributed by atoms with Crippen molar-refractivity contribution < 1.29 is 0 Å². The molecule has 0 spiro atoms. The van der Waals surface area contributed by atoms with Gasteiger partial charge in [-0.15, -0.1) is 0 Å². The molecular weight excluding hydrogens is 376 g/mol. The van der Waals surface area contributed by atoms with Crippen LogP contribution in [0, 0.1) is 0 Å². The van der Waals surface area contributed by atoms with Crippen molar-refractivity contribution in [3.63, 3.8) is 0 Å². The number of thiazole rings is 1. The maximum Gasteiger partial charge on any atom is 0.183 e. The third kappa shape index (κ3) is 4.45. The van der Waals surface area contributed by atoms with E-state index in [-0.39, 0.29) is 6.04 Å². The standard InChI is InChI=1S/C21H19ClN4S/c22-18-3-1-2-14(8-18)9-19(23)12-25-21-26-13-20(27-21)16-4-5-17-11-24-7-6-15(17)10-16/h1-8,10-11,13,19H,9,12,23H2,(H,25,26)/t19-/m0/s1. The number of pyridine rings is 1. The lowest BCUT2D eigenvalue weighted by molar-refractivity contribution is 0.699. The number of fused-ring (bicyclic) bond motifs is 1. The average molecular weight is 395 g/mol. The summed E-state index contributed by atoms with van der Waals surface area (Å²) in [6.07, 6.45) is 6.36. The lowest BCUT2D eigenvalue weighted by atomic mass is 10.1. The number of hydrogen-bond acceptors (Lipinski definition) is 5. The molecule has 2 heterocycles. The van der Waals surface area contributed by atoms with Gasteiger partial charge in [-0.25, -0.2) is 4.98 Å². The van der Waals surface area contributed by atoms with E-state index < -0.39 is 0 Å². The van der Waals surface area contributed by atoms with Gasteiger partial charge in [0.15, 0.2) is 5.13 Å². The number of halogens is 1.